The van der Waals surface area contributed by atoms with E-state index < -0.39 is 15.9 Å². The maximum Gasteiger partial charge on any atom is 0.410 e. The Morgan fingerprint density at radius 1 is 1.00 bits per heavy atom. The van der Waals surface area contributed by atoms with E-state index in [4.69, 9.17) is 5.11 Å². The number of carboxylic acid groups (broad SMARTS) is 1. The number of urea groups is 1. The number of amides is 4. The molecule has 0 atom stereocenters. The lowest BCUT2D eigenvalue weighted by atomic mass is 10.1. The number of hydrogen-bond donors (Lipinski definition) is 6. The summed E-state index contributed by atoms with van der Waals surface area (Å²) in [7, 11) is -2.93. The van der Waals surface area contributed by atoms with Gasteiger partial charge in [0.1, 0.15) is 11.6 Å². The molecule has 0 spiro atoms. The molecule has 0 aliphatic carbocycles. The molecule has 0 unspecified atom stereocenters. The third-order valence-electron chi connectivity index (χ3n) is 6.35. The second-order valence-corrected chi connectivity index (χ2v) is 11.8. The Labute approximate surface area is 239 Å². The Kier molecular flexibility index (Phi) is 12.1. The van der Waals surface area contributed by atoms with Gasteiger partial charge in [-0.2, -0.15) is 0 Å². The molecule has 1 aliphatic rings. The van der Waals surface area contributed by atoms with Gasteiger partial charge in [0.2, 0.25) is 0 Å². The quantitative estimate of drug-likeness (QED) is 0.175. The third kappa shape index (κ3) is 11.2. The van der Waals surface area contributed by atoms with E-state index in [-0.39, 0.29) is 35.8 Å². The smallest absolute Gasteiger partial charge is 0.410 e. The topological polar surface area (TPSA) is 195 Å². The maximum absolute atomic E-state index is 12.8. The minimum absolute atomic E-state index is 0.157. The van der Waals surface area contributed by atoms with Gasteiger partial charge in [0.15, 0.2) is 9.84 Å². The van der Waals surface area contributed by atoms with Gasteiger partial charge in [0.25, 0.3) is 5.91 Å². The summed E-state index contributed by atoms with van der Waals surface area (Å²) in [5, 5.41) is 22.4. The first-order valence-corrected chi connectivity index (χ1v) is 15.4. The van der Waals surface area contributed by atoms with Crippen LogP contribution in [0.4, 0.5) is 21.2 Å². The summed E-state index contributed by atoms with van der Waals surface area (Å²) in [5.74, 6) is 0.809. The van der Waals surface area contributed by atoms with Crippen LogP contribution in [0.25, 0.3) is 0 Å². The summed E-state index contributed by atoms with van der Waals surface area (Å²) < 4.78 is 23.1. The van der Waals surface area contributed by atoms with Crippen LogP contribution < -0.4 is 26.6 Å². The van der Waals surface area contributed by atoms with Crippen LogP contribution in [0.3, 0.4) is 0 Å². The summed E-state index contributed by atoms with van der Waals surface area (Å²) in [6.45, 7) is 5.25. The summed E-state index contributed by atoms with van der Waals surface area (Å²) >= 11 is 0. The van der Waals surface area contributed by atoms with Crippen LogP contribution in [0, 0.1) is 0 Å². The van der Waals surface area contributed by atoms with Crippen molar-refractivity contribution in [1.29, 1.82) is 0 Å². The zero-order valence-electron chi connectivity index (χ0n) is 23.1. The molecule has 1 saturated heterocycles. The number of carbonyl (C=O) groups is 3. The Balaban J connectivity index is 1.35. The van der Waals surface area contributed by atoms with E-state index in [0.29, 0.717) is 57.1 Å². The van der Waals surface area contributed by atoms with Crippen LogP contribution in [-0.2, 0) is 22.8 Å². The minimum atomic E-state index is -2.93. The molecule has 3 heterocycles. The highest BCUT2D eigenvalue weighted by Gasteiger charge is 2.21. The first-order valence-electron chi connectivity index (χ1n) is 13.6. The zero-order valence-corrected chi connectivity index (χ0v) is 23.9. The molecule has 2 aromatic heterocycles. The number of sulfone groups is 1. The van der Waals surface area contributed by atoms with Crippen molar-refractivity contribution in [3.05, 3.63) is 47.3 Å². The fourth-order valence-corrected chi connectivity index (χ4v) is 5.39. The number of aryl methyl sites for hydroxylation is 1. The molecule has 6 N–H and O–H groups in total. The summed E-state index contributed by atoms with van der Waals surface area (Å²) in [6, 6.07) is 6.47. The molecular weight excluding hydrogens is 552 g/mol. The van der Waals surface area contributed by atoms with E-state index in [1.54, 1.807) is 12.1 Å². The van der Waals surface area contributed by atoms with Crippen molar-refractivity contribution in [2.24, 2.45) is 0 Å². The predicted octanol–water partition coefficient (Wildman–Crippen LogP) is 1.28. The van der Waals surface area contributed by atoms with Crippen molar-refractivity contribution in [2.75, 3.05) is 61.4 Å². The van der Waals surface area contributed by atoms with Crippen LogP contribution in [0.2, 0.25) is 0 Å². The molecule has 2 aromatic rings. The van der Waals surface area contributed by atoms with Crippen molar-refractivity contribution in [2.45, 2.75) is 32.7 Å². The van der Waals surface area contributed by atoms with E-state index >= 15 is 0 Å². The van der Waals surface area contributed by atoms with Crippen LogP contribution in [0.15, 0.2) is 30.5 Å². The third-order valence-corrected chi connectivity index (χ3v) is 7.96. The number of nitrogens with zero attached hydrogens (tertiary/aromatic N) is 3. The molecule has 224 valence electrons. The maximum atomic E-state index is 12.8. The molecule has 15 heteroatoms. The molecule has 4 amide bonds. The molecule has 1 fully saturated rings. The van der Waals surface area contributed by atoms with Gasteiger partial charge in [-0.3, -0.25) is 15.0 Å². The second kappa shape index (κ2) is 15.7. The van der Waals surface area contributed by atoms with E-state index in [2.05, 4.69) is 36.6 Å². The van der Waals surface area contributed by atoms with Crippen molar-refractivity contribution < 1.29 is 27.9 Å². The van der Waals surface area contributed by atoms with Crippen LogP contribution in [0.1, 0.15) is 41.4 Å². The molecule has 0 radical (unpaired) electrons. The molecule has 0 bridgehead atoms. The van der Waals surface area contributed by atoms with E-state index in [1.165, 1.54) is 12.3 Å². The Morgan fingerprint density at radius 3 is 2.46 bits per heavy atom. The van der Waals surface area contributed by atoms with Gasteiger partial charge in [0.05, 0.1) is 17.1 Å². The summed E-state index contributed by atoms with van der Waals surface area (Å²) in [4.78, 5) is 46.1. The van der Waals surface area contributed by atoms with Gasteiger partial charge in [-0.25, -0.2) is 28.0 Å². The fourth-order valence-electron chi connectivity index (χ4n) is 4.11. The van der Waals surface area contributed by atoms with Gasteiger partial charge in [0, 0.05) is 57.7 Å². The highest BCUT2D eigenvalue weighted by atomic mass is 32.2. The number of anilines is 2. The first-order chi connectivity index (χ1) is 19.6. The largest absolute Gasteiger partial charge is 0.465 e. The minimum Gasteiger partial charge on any atom is -0.465 e. The number of aromatic nitrogens is 2. The van der Waals surface area contributed by atoms with Crippen molar-refractivity contribution in [3.63, 3.8) is 0 Å². The van der Waals surface area contributed by atoms with E-state index in [9.17, 15) is 22.8 Å². The lowest BCUT2D eigenvalue weighted by molar-refractivity contribution is 0.0949. The lowest BCUT2D eigenvalue weighted by Gasteiger charge is -2.26. The molecule has 1 aliphatic heterocycles. The van der Waals surface area contributed by atoms with Crippen LogP contribution >= 0.6 is 0 Å². The van der Waals surface area contributed by atoms with E-state index in [0.717, 1.165) is 24.1 Å². The molecule has 0 saturated carbocycles. The number of pyridine rings is 2. The Morgan fingerprint density at radius 2 is 1.78 bits per heavy atom. The SMILES string of the molecule is CCNc1nc(CCCCNC(=O)NCc2ccc(NC(=O)O)nc2)ccc1C(=O)NCCN1CCS(=O)(=O)CC1. The molecule has 14 nitrogen and oxygen atoms in total. The Hall–Kier alpha value is -3.98. The van der Waals surface area contributed by atoms with Crippen LogP contribution in [0.5, 0.6) is 0 Å². The number of nitrogens with one attached hydrogen (secondary N) is 5. The van der Waals surface area contributed by atoms with Gasteiger partial charge in [-0.1, -0.05) is 6.07 Å². The molecule has 3 rings (SSSR count). The second-order valence-electron chi connectivity index (χ2n) is 9.53. The van der Waals surface area contributed by atoms with Crippen molar-refractivity contribution in [1.82, 2.24) is 30.8 Å². The monoisotopic (exact) mass is 590 g/mol. The number of hydrogen-bond acceptors (Lipinski definition) is 9. The van der Waals surface area contributed by atoms with Crippen molar-refractivity contribution in [3.8, 4) is 0 Å². The highest BCUT2D eigenvalue weighted by molar-refractivity contribution is 7.91. The first kappa shape index (κ1) is 31.5. The average Bonchev–Trinajstić information content (AvgIpc) is 2.93. The standard InChI is InChI=1S/C26H38N8O6S/c1-2-27-23-21(24(35)28-11-12-34-13-15-41(39,40)16-14-34)8-7-20(32-23)5-3-4-10-29-25(36)31-18-19-6-9-22(30-17-19)33-26(37)38/h6-9,17H,2-5,10-16,18H2,1H3,(H,27,32)(H,28,35)(H,30,33)(H,37,38)(H2,29,31,36). The van der Waals surface area contributed by atoms with E-state index in [1.807, 2.05) is 17.9 Å². The normalized spacial score (nSPS) is 14.6. The fraction of sp³-hybridized carbons (Fsp3) is 0.500. The molecule has 0 aromatic carbocycles. The van der Waals surface area contributed by atoms with Gasteiger partial charge < -0.3 is 26.4 Å². The average molecular weight is 591 g/mol. The predicted molar refractivity (Wildman–Crippen MR) is 155 cm³/mol. The van der Waals surface area contributed by atoms with Crippen LogP contribution in [-0.4, -0.2) is 97.2 Å². The number of carbonyl (C=O) groups excluding carboxylic acids is 2. The molecule has 41 heavy (non-hydrogen) atoms. The van der Waals surface area contributed by atoms with Gasteiger partial charge in [-0.15, -0.1) is 0 Å². The summed E-state index contributed by atoms with van der Waals surface area (Å²) in [5.41, 5.74) is 2.03. The van der Waals surface area contributed by atoms with Gasteiger partial charge >= 0.3 is 12.1 Å². The molecular formula is C26H38N8O6S. The highest BCUT2D eigenvalue weighted by Crippen LogP contribution is 2.15. The van der Waals surface area contributed by atoms with Crippen molar-refractivity contribution >= 4 is 39.5 Å². The van der Waals surface area contributed by atoms with Gasteiger partial charge in [-0.05, 0) is 49.9 Å². The number of unbranched alkanes of at least 4 members (excludes halogenated alkanes) is 1. The summed E-state index contributed by atoms with van der Waals surface area (Å²) in [6.07, 6.45) is 2.51. The zero-order chi connectivity index (χ0) is 29.7. The Bertz CT molecular complexity index is 1280. The lowest BCUT2D eigenvalue weighted by Crippen LogP contribution is -2.43. The number of rotatable bonds is 14.